The summed E-state index contributed by atoms with van der Waals surface area (Å²) in [5.74, 6) is -0.0821. The van der Waals surface area contributed by atoms with Crippen LogP contribution in [-0.4, -0.2) is 18.5 Å². The van der Waals surface area contributed by atoms with Crippen molar-refractivity contribution in [1.82, 2.24) is 5.32 Å². The molecule has 0 radical (unpaired) electrons. The van der Waals surface area contributed by atoms with Crippen LogP contribution in [0.4, 0.5) is 5.69 Å². The largest absolute Gasteiger partial charge is 0.323 e. The van der Waals surface area contributed by atoms with E-state index in [4.69, 9.17) is 16.9 Å². The van der Waals surface area contributed by atoms with Gasteiger partial charge in [-0.1, -0.05) is 25.4 Å². The van der Waals surface area contributed by atoms with E-state index in [0.717, 1.165) is 19.4 Å². The maximum atomic E-state index is 12.4. The Hall–Kier alpha value is -1.57. The molecular weight excluding hydrogens is 274 g/mol. The fourth-order valence-electron chi connectivity index (χ4n) is 2.55. The van der Waals surface area contributed by atoms with Crippen molar-refractivity contribution in [1.29, 1.82) is 5.26 Å². The summed E-state index contributed by atoms with van der Waals surface area (Å²) in [6.45, 7) is 5.02. The Balaban J connectivity index is 2.14. The number of carbonyl (C=O) groups is 1. The predicted molar refractivity (Wildman–Crippen MR) is 79.6 cm³/mol. The van der Waals surface area contributed by atoms with E-state index in [1.807, 2.05) is 6.07 Å². The normalized spacial score (nSPS) is 21.0. The first-order chi connectivity index (χ1) is 9.44. The zero-order valence-electron chi connectivity index (χ0n) is 11.7. The summed E-state index contributed by atoms with van der Waals surface area (Å²) in [4.78, 5) is 12.4. The Labute approximate surface area is 124 Å². The number of nitriles is 1. The molecule has 4 nitrogen and oxygen atoms in total. The van der Waals surface area contributed by atoms with Gasteiger partial charge in [0.1, 0.15) is 0 Å². The van der Waals surface area contributed by atoms with Crippen molar-refractivity contribution in [2.75, 3.05) is 11.9 Å². The summed E-state index contributed by atoms with van der Waals surface area (Å²) in [5, 5.41) is 15.3. The number of nitrogens with zero attached hydrogens (tertiary/aromatic N) is 1. The number of nitrogens with one attached hydrogen (secondary N) is 2. The molecule has 1 saturated heterocycles. The van der Waals surface area contributed by atoms with E-state index in [2.05, 4.69) is 24.5 Å². The van der Waals surface area contributed by atoms with Gasteiger partial charge < -0.3 is 10.6 Å². The summed E-state index contributed by atoms with van der Waals surface area (Å²) in [7, 11) is 0. The SMILES string of the molecule is CC1(C)CCCNC1C(=O)Nc1ccc(C#N)cc1Cl. The number of anilines is 1. The minimum Gasteiger partial charge on any atom is -0.323 e. The zero-order valence-corrected chi connectivity index (χ0v) is 12.4. The topological polar surface area (TPSA) is 64.9 Å². The van der Waals surface area contributed by atoms with Crippen molar-refractivity contribution in [2.45, 2.75) is 32.7 Å². The quantitative estimate of drug-likeness (QED) is 0.880. The number of halogens is 1. The molecule has 0 spiro atoms. The van der Waals surface area contributed by atoms with Gasteiger partial charge in [0.05, 0.1) is 28.4 Å². The van der Waals surface area contributed by atoms with E-state index in [1.165, 1.54) is 0 Å². The van der Waals surface area contributed by atoms with E-state index in [0.29, 0.717) is 16.3 Å². The standard InChI is InChI=1S/C15H18ClN3O/c1-15(2)6-3-7-18-13(15)14(20)19-12-5-4-10(9-17)8-11(12)16/h4-5,8,13,18H,3,6-7H2,1-2H3,(H,19,20). The van der Waals surface area contributed by atoms with Crippen LogP contribution in [0.3, 0.4) is 0 Å². The van der Waals surface area contributed by atoms with Crippen molar-refractivity contribution >= 4 is 23.2 Å². The smallest absolute Gasteiger partial charge is 0.242 e. The van der Waals surface area contributed by atoms with E-state index in [1.54, 1.807) is 18.2 Å². The molecule has 0 aliphatic carbocycles. The van der Waals surface area contributed by atoms with Gasteiger partial charge in [0, 0.05) is 0 Å². The lowest BCUT2D eigenvalue weighted by atomic mass is 9.77. The Bertz CT molecular complexity index is 563. The summed E-state index contributed by atoms with van der Waals surface area (Å²) in [6, 6.07) is 6.64. The molecule has 0 saturated carbocycles. The molecule has 0 bridgehead atoms. The predicted octanol–water partition coefficient (Wildman–Crippen LogP) is 2.93. The third kappa shape index (κ3) is 3.12. The summed E-state index contributed by atoms with van der Waals surface area (Å²) >= 11 is 6.08. The lowest BCUT2D eigenvalue weighted by Gasteiger charge is -2.38. The Morgan fingerprint density at radius 2 is 2.30 bits per heavy atom. The molecule has 106 valence electrons. The molecule has 1 aromatic carbocycles. The fourth-order valence-corrected chi connectivity index (χ4v) is 2.78. The fraction of sp³-hybridized carbons (Fsp3) is 0.467. The molecule has 20 heavy (non-hydrogen) atoms. The van der Waals surface area contributed by atoms with Gasteiger partial charge in [0.15, 0.2) is 0 Å². The van der Waals surface area contributed by atoms with Crippen LogP contribution in [0.5, 0.6) is 0 Å². The van der Waals surface area contributed by atoms with Crippen LogP contribution in [0.1, 0.15) is 32.3 Å². The van der Waals surface area contributed by atoms with Crippen molar-refractivity contribution in [3.8, 4) is 6.07 Å². The maximum absolute atomic E-state index is 12.4. The van der Waals surface area contributed by atoms with Gasteiger partial charge >= 0.3 is 0 Å². The van der Waals surface area contributed by atoms with Crippen LogP contribution in [0.25, 0.3) is 0 Å². The number of amides is 1. The van der Waals surface area contributed by atoms with Crippen LogP contribution in [0.2, 0.25) is 5.02 Å². The molecule has 1 fully saturated rings. The van der Waals surface area contributed by atoms with Crippen molar-refractivity contribution in [3.63, 3.8) is 0 Å². The highest BCUT2D eigenvalue weighted by Gasteiger charge is 2.37. The van der Waals surface area contributed by atoms with Crippen molar-refractivity contribution in [2.24, 2.45) is 5.41 Å². The molecule has 0 aromatic heterocycles. The molecule has 1 aromatic rings. The second kappa shape index (κ2) is 5.82. The highest BCUT2D eigenvalue weighted by atomic mass is 35.5. The summed E-state index contributed by atoms with van der Waals surface area (Å²) < 4.78 is 0. The Morgan fingerprint density at radius 1 is 1.55 bits per heavy atom. The van der Waals surface area contributed by atoms with Crippen LogP contribution in [0, 0.1) is 16.7 Å². The lowest BCUT2D eigenvalue weighted by Crippen LogP contribution is -2.53. The molecular formula is C15H18ClN3O. The first-order valence-corrected chi connectivity index (χ1v) is 7.06. The van der Waals surface area contributed by atoms with E-state index < -0.39 is 0 Å². The second-order valence-electron chi connectivity index (χ2n) is 5.77. The van der Waals surface area contributed by atoms with Crippen molar-refractivity contribution in [3.05, 3.63) is 28.8 Å². The molecule has 1 atom stereocenters. The highest BCUT2D eigenvalue weighted by molar-refractivity contribution is 6.33. The molecule has 5 heteroatoms. The monoisotopic (exact) mass is 291 g/mol. The van der Waals surface area contributed by atoms with Gasteiger partial charge in [-0.15, -0.1) is 0 Å². The number of benzene rings is 1. The average Bonchev–Trinajstić information content (AvgIpc) is 2.40. The van der Waals surface area contributed by atoms with Crippen LogP contribution in [-0.2, 0) is 4.79 Å². The van der Waals surface area contributed by atoms with Gasteiger partial charge in [0.2, 0.25) is 5.91 Å². The maximum Gasteiger partial charge on any atom is 0.242 e. The molecule has 2 rings (SSSR count). The van der Waals surface area contributed by atoms with Gasteiger partial charge in [-0.3, -0.25) is 4.79 Å². The number of hydrogen-bond acceptors (Lipinski definition) is 3. The van der Waals surface area contributed by atoms with Gasteiger partial charge in [0.25, 0.3) is 0 Å². The first kappa shape index (κ1) is 14.8. The second-order valence-corrected chi connectivity index (χ2v) is 6.18. The Morgan fingerprint density at radius 3 is 2.90 bits per heavy atom. The number of piperidine rings is 1. The zero-order chi connectivity index (χ0) is 14.8. The molecule has 1 amide bonds. The summed E-state index contributed by atoms with van der Waals surface area (Å²) in [6.07, 6.45) is 2.09. The highest BCUT2D eigenvalue weighted by Crippen LogP contribution is 2.31. The molecule has 1 unspecified atom stereocenters. The minimum atomic E-state index is -0.233. The van der Waals surface area contributed by atoms with Crippen LogP contribution < -0.4 is 10.6 Å². The van der Waals surface area contributed by atoms with Crippen molar-refractivity contribution < 1.29 is 4.79 Å². The Kier molecular flexibility index (Phi) is 4.32. The van der Waals surface area contributed by atoms with E-state index in [-0.39, 0.29) is 17.4 Å². The van der Waals surface area contributed by atoms with E-state index >= 15 is 0 Å². The molecule has 1 aliphatic rings. The minimum absolute atomic E-state index is 0.0819. The first-order valence-electron chi connectivity index (χ1n) is 6.68. The van der Waals surface area contributed by atoms with Gasteiger partial charge in [-0.2, -0.15) is 5.26 Å². The molecule has 1 aliphatic heterocycles. The van der Waals surface area contributed by atoms with Gasteiger partial charge in [-0.05, 0) is 43.0 Å². The number of carbonyl (C=O) groups excluding carboxylic acids is 1. The number of rotatable bonds is 2. The molecule has 2 N–H and O–H groups in total. The lowest BCUT2D eigenvalue weighted by molar-refractivity contribution is -0.121. The number of hydrogen-bond donors (Lipinski definition) is 2. The van der Waals surface area contributed by atoms with Crippen LogP contribution in [0.15, 0.2) is 18.2 Å². The molecule has 1 heterocycles. The third-order valence-electron chi connectivity index (χ3n) is 3.75. The third-order valence-corrected chi connectivity index (χ3v) is 4.06. The van der Waals surface area contributed by atoms with E-state index in [9.17, 15) is 4.79 Å². The summed E-state index contributed by atoms with van der Waals surface area (Å²) in [5.41, 5.74) is 0.935. The van der Waals surface area contributed by atoms with Crippen LogP contribution >= 0.6 is 11.6 Å². The average molecular weight is 292 g/mol. The van der Waals surface area contributed by atoms with Gasteiger partial charge in [-0.25, -0.2) is 0 Å².